The Bertz CT molecular complexity index is 1120. The van der Waals surface area contributed by atoms with Crippen LogP contribution >= 0.6 is 0 Å². The van der Waals surface area contributed by atoms with Gasteiger partial charge in [0.1, 0.15) is 5.76 Å². The lowest BCUT2D eigenvalue weighted by Crippen LogP contribution is -2.23. The number of aryl methyl sites for hydroxylation is 3. The number of benzene rings is 2. The Morgan fingerprint density at radius 3 is 2.35 bits per heavy atom. The van der Waals surface area contributed by atoms with Gasteiger partial charge in [-0.25, -0.2) is 9.78 Å². The van der Waals surface area contributed by atoms with Gasteiger partial charge in [0.15, 0.2) is 6.04 Å². The molecule has 7 nitrogen and oxygen atoms in total. The third kappa shape index (κ3) is 5.06. The van der Waals surface area contributed by atoms with E-state index in [9.17, 15) is 9.90 Å². The van der Waals surface area contributed by atoms with E-state index in [4.69, 9.17) is 4.42 Å². The summed E-state index contributed by atoms with van der Waals surface area (Å²) in [5.74, 6) is 0.580. The number of carboxylic acids is 1. The number of aliphatic carboxylic acids is 1. The zero-order chi connectivity index (χ0) is 21.6. The van der Waals surface area contributed by atoms with Crippen molar-refractivity contribution in [3.8, 4) is 11.5 Å². The van der Waals surface area contributed by atoms with Gasteiger partial charge in [0, 0.05) is 12.0 Å². The molecular formula is C24H24N4O3. The lowest BCUT2D eigenvalue weighted by Gasteiger charge is -2.12. The molecule has 0 saturated heterocycles. The van der Waals surface area contributed by atoms with Crippen molar-refractivity contribution in [3.63, 3.8) is 0 Å². The Labute approximate surface area is 180 Å². The lowest BCUT2D eigenvalue weighted by molar-refractivity contribution is -0.141. The molecule has 0 radical (unpaired) electrons. The summed E-state index contributed by atoms with van der Waals surface area (Å²) in [7, 11) is 0. The van der Waals surface area contributed by atoms with Crippen LogP contribution in [0, 0.1) is 6.92 Å². The fraction of sp³-hybridized carbons (Fsp3) is 0.250. The third-order valence-electron chi connectivity index (χ3n) is 5.24. The van der Waals surface area contributed by atoms with Crippen LogP contribution < -0.4 is 0 Å². The van der Waals surface area contributed by atoms with Gasteiger partial charge in [-0.15, -0.1) is 0 Å². The summed E-state index contributed by atoms with van der Waals surface area (Å²) in [6.45, 7) is 1.96. The second kappa shape index (κ2) is 9.38. The normalized spacial score (nSPS) is 12.0. The first-order chi connectivity index (χ1) is 15.1. The summed E-state index contributed by atoms with van der Waals surface area (Å²) in [6.07, 6.45) is 6.02. The molecule has 0 amide bonds. The highest BCUT2D eigenvalue weighted by Gasteiger charge is 2.21. The number of hydrogen-bond donors (Lipinski definition) is 1. The monoisotopic (exact) mass is 416 g/mol. The molecular weight excluding hydrogens is 392 g/mol. The van der Waals surface area contributed by atoms with Crippen molar-refractivity contribution in [2.45, 2.75) is 38.6 Å². The van der Waals surface area contributed by atoms with E-state index in [1.54, 1.807) is 0 Å². The number of carbonyl (C=O) groups is 1. The number of nitrogens with zero attached hydrogens (tertiary/aromatic N) is 4. The molecule has 0 aliphatic heterocycles. The Morgan fingerprint density at radius 2 is 1.68 bits per heavy atom. The summed E-state index contributed by atoms with van der Waals surface area (Å²) in [5, 5.41) is 17.4. The van der Waals surface area contributed by atoms with Gasteiger partial charge < -0.3 is 9.52 Å². The second-order valence-corrected chi connectivity index (χ2v) is 7.47. The van der Waals surface area contributed by atoms with E-state index in [1.165, 1.54) is 22.8 Å². The molecule has 31 heavy (non-hydrogen) atoms. The highest BCUT2D eigenvalue weighted by molar-refractivity contribution is 5.72. The third-order valence-corrected chi connectivity index (χ3v) is 5.24. The molecule has 0 fully saturated rings. The van der Waals surface area contributed by atoms with Crippen molar-refractivity contribution in [2.75, 3.05) is 0 Å². The highest BCUT2D eigenvalue weighted by Crippen LogP contribution is 2.22. The van der Waals surface area contributed by atoms with Crippen LogP contribution in [-0.2, 0) is 24.1 Å². The molecule has 0 bridgehead atoms. The molecule has 0 aliphatic rings. The van der Waals surface area contributed by atoms with Gasteiger partial charge in [-0.05, 0) is 49.4 Å². The minimum Gasteiger partial charge on any atom is -0.480 e. The number of rotatable bonds is 9. The number of oxazole rings is 1. The summed E-state index contributed by atoms with van der Waals surface area (Å²) in [6, 6.07) is 17.2. The van der Waals surface area contributed by atoms with E-state index in [-0.39, 0.29) is 0 Å². The first-order valence-electron chi connectivity index (χ1n) is 10.3. The van der Waals surface area contributed by atoms with Crippen LogP contribution in [0.25, 0.3) is 11.5 Å². The first kappa shape index (κ1) is 20.5. The Kier molecular flexibility index (Phi) is 6.21. The Hall–Kier alpha value is -3.74. The van der Waals surface area contributed by atoms with Gasteiger partial charge in [0.25, 0.3) is 0 Å². The van der Waals surface area contributed by atoms with Crippen LogP contribution in [0.1, 0.15) is 35.0 Å². The number of carboxylic acid groups (broad SMARTS) is 1. The smallest absolute Gasteiger partial charge is 0.330 e. The van der Waals surface area contributed by atoms with E-state index in [0.717, 1.165) is 41.8 Å². The van der Waals surface area contributed by atoms with E-state index in [0.29, 0.717) is 12.3 Å². The average Bonchev–Trinajstić information content (AvgIpc) is 3.44. The maximum Gasteiger partial charge on any atom is 0.330 e. The molecule has 0 unspecified atom stereocenters. The summed E-state index contributed by atoms with van der Waals surface area (Å²) >= 11 is 0. The second-order valence-electron chi connectivity index (χ2n) is 7.47. The van der Waals surface area contributed by atoms with Crippen molar-refractivity contribution < 1.29 is 14.3 Å². The van der Waals surface area contributed by atoms with Gasteiger partial charge in [-0.1, -0.05) is 42.5 Å². The van der Waals surface area contributed by atoms with Crippen molar-refractivity contribution in [1.29, 1.82) is 0 Å². The summed E-state index contributed by atoms with van der Waals surface area (Å²) in [4.78, 5) is 17.4. The maximum absolute atomic E-state index is 11.6. The fourth-order valence-corrected chi connectivity index (χ4v) is 3.54. The van der Waals surface area contributed by atoms with Gasteiger partial charge >= 0.3 is 5.97 Å². The van der Waals surface area contributed by atoms with Crippen molar-refractivity contribution in [2.24, 2.45) is 0 Å². The molecule has 4 aromatic rings. The molecule has 0 saturated carbocycles. The van der Waals surface area contributed by atoms with Gasteiger partial charge in [0.2, 0.25) is 5.89 Å². The standard InChI is InChI=1S/C24H24N4O3/c1-17-21(27-23(31-17)20-7-3-2-4-8-20)9-5-6-18-10-12-19(13-11-18)16-22(24(29)30)28-25-14-15-26-28/h2-4,7-8,10-15,22H,5-6,9,16H2,1H3,(H,29,30)/t22-/m1/s1. The minimum atomic E-state index is -0.946. The van der Waals surface area contributed by atoms with Crippen LogP contribution in [0.4, 0.5) is 0 Å². The average molecular weight is 416 g/mol. The predicted octanol–water partition coefficient (Wildman–Crippen LogP) is 4.29. The number of hydrogen-bond acceptors (Lipinski definition) is 5. The number of aromatic nitrogens is 4. The highest BCUT2D eigenvalue weighted by atomic mass is 16.4. The quantitative estimate of drug-likeness (QED) is 0.438. The lowest BCUT2D eigenvalue weighted by atomic mass is 10.0. The zero-order valence-electron chi connectivity index (χ0n) is 17.3. The van der Waals surface area contributed by atoms with Crippen LogP contribution in [0.2, 0.25) is 0 Å². The zero-order valence-corrected chi connectivity index (χ0v) is 17.3. The van der Waals surface area contributed by atoms with Crippen molar-refractivity contribution >= 4 is 5.97 Å². The SMILES string of the molecule is Cc1oc(-c2ccccc2)nc1CCCc1ccc(C[C@H](C(=O)O)n2nccn2)cc1. The largest absolute Gasteiger partial charge is 0.480 e. The van der Waals surface area contributed by atoms with Crippen LogP contribution in [0.15, 0.2) is 71.4 Å². The van der Waals surface area contributed by atoms with Crippen LogP contribution in [0.5, 0.6) is 0 Å². The molecule has 1 N–H and O–H groups in total. The maximum atomic E-state index is 11.6. The predicted molar refractivity (Wildman–Crippen MR) is 116 cm³/mol. The van der Waals surface area contributed by atoms with E-state index < -0.39 is 12.0 Å². The van der Waals surface area contributed by atoms with Gasteiger partial charge in [0.05, 0.1) is 18.1 Å². The van der Waals surface area contributed by atoms with Crippen molar-refractivity contribution in [1.82, 2.24) is 20.0 Å². The van der Waals surface area contributed by atoms with Crippen LogP contribution in [0.3, 0.4) is 0 Å². The molecule has 2 aromatic carbocycles. The van der Waals surface area contributed by atoms with E-state index in [2.05, 4.69) is 27.3 Å². The Morgan fingerprint density at radius 1 is 1.00 bits per heavy atom. The van der Waals surface area contributed by atoms with Crippen LogP contribution in [-0.4, -0.2) is 31.1 Å². The Balaban J connectivity index is 1.33. The van der Waals surface area contributed by atoms with E-state index >= 15 is 0 Å². The first-order valence-corrected chi connectivity index (χ1v) is 10.3. The van der Waals surface area contributed by atoms with Gasteiger partial charge in [-0.3, -0.25) is 0 Å². The van der Waals surface area contributed by atoms with Gasteiger partial charge in [-0.2, -0.15) is 15.0 Å². The molecule has 7 heteroatoms. The molecule has 0 aliphatic carbocycles. The fourth-order valence-electron chi connectivity index (χ4n) is 3.54. The molecule has 0 spiro atoms. The molecule has 4 rings (SSSR count). The van der Waals surface area contributed by atoms with Crippen molar-refractivity contribution in [3.05, 3.63) is 89.6 Å². The summed E-state index contributed by atoms with van der Waals surface area (Å²) in [5.41, 5.74) is 4.12. The molecule has 158 valence electrons. The molecule has 2 heterocycles. The topological polar surface area (TPSA) is 94.0 Å². The summed E-state index contributed by atoms with van der Waals surface area (Å²) < 4.78 is 5.83. The minimum absolute atomic E-state index is 0.338. The molecule has 2 aromatic heterocycles. The molecule has 1 atom stereocenters. The van der Waals surface area contributed by atoms with E-state index in [1.807, 2.05) is 49.4 Å².